The molecule has 0 aliphatic carbocycles. The summed E-state index contributed by atoms with van der Waals surface area (Å²) in [6.07, 6.45) is 0. The van der Waals surface area contributed by atoms with Gasteiger partial charge >= 0.3 is 0 Å². The largest absolute Gasteiger partial charge is 0.310 e. The highest BCUT2D eigenvalue weighted by atomic mass is 79.9. The Morgan fingerprint density at radius 3 is 2.43 bits per heavy atom. The van der Waals surface area contributed by atoms with E-state index in [1.807, 2.05) is 6.07 Å². The Labute approximate surface area is 137 Å². The molecule has 0 bridgehead atoms. The fourth-order valence-corrected chi connectivity index (χ4v) is 4.26. The van der Waals surface area contributed by atoms with Gasteiger partial charge in [-0.15, -0.1) is 11.3 Å². The van der Waals surface area contributed by atoms with Crippen LogP contribution in [0, 0.1) is 0 Å². The van der Waals surface area contributed by atoms with Crippen LogP contribution in [0.25, 0.3) is 0 Å². The van der Waals surface area contributed by atoms with Crippen molar-refractivity contribution < 1.29 is 8.42 Å². The van der Waals surface area contributed by atoms with Crippen LogP contribution < -0.4 is 10.0 Å². The fourth-order valence-electron chi connectivity index (χ4n) is 1.63. The Morgan fingerprint density at radius 2 is 1.81 bits per heavy atom. The first-order valence-electron chi connectivity index (χ1n) is 6.47. The minimum Gasteiger partial charge on any atom is -0.310 e. The van der Waals surface area contributed by atoms with E-state index in [1.54, 1.807) is 30.3 Å². The predicted molar refractivity (Wildman–Crippen MR) is 91.2 cm³/mol. The van der Waals surface area contributed by atoms with Crippen LogP contribution in [0.3, 0.4) is 0 Å². The summed E-state index contributed by atoms with van der Waals surface area (Å²) in [6, 6.07) is 10.9. The summed E-state index contributed by atoms with van der Waals surface area (Å²) >= 11 is 4.60. The van der Waals surface area contributed by atoms with E-state index in [-0.39, 0.29) is 0 Å². The van der Waals surface area contributed by atoms with Crippen molar-refractivity contribution in [2.24, 2.45) is 0 Å². The number of anilines is 1. The second-order valence-electron chi connectivity index (χ2n) is 4.87. The maximum atomic E-state index is 12.3. The average molecular weight is 389 g/mol. The maximum Gasteiger partial charge on any atom is 0.271 e. The van der Waals surface area contributed by atoms with E-state index in [2.05, 4.69) is 39.8 Å². The molecule has 1 aromatic carbocycles. The van der Waals surface area contributed by atoms with Crippen molar-refractivity contribution >= 4 is 43.0 Å². The fraction of sp³-hybridized carbons (Fsp3) is 0.286. The lowest BCUT2D eigenvalue weighted by Gasteiger charge is -2.07. The molecule has 1 heterocycles. The monoisotopic (exact) mass is 388 g/mol. The molecule has 0 aliphatic rings. The third-order valence-corrected chi connectivity index (χ3v) is 6.17. The minimum absolute atomic E-state index is 0.325. The van der Waals surface area contributed by atoms with E-state index in [9.17, 15) is 8.42 Å². The van der Waals surface area contributed by atoms with Crippen LogP contribution in [0.4, 0.5) is 5.69 Å². The van der Waals surface area contributed by atoms with Crippen molar-refractivity contribution in [3.8, 4) is 0 Å². The van der Waals surface area contributed by atoms with Gasteiger partial charge in [-0.2, -0.15) is 0 Å². The molecule has 0 atom stereocenters. The molecule has 2 aromatic rings. The second kappa shape index (κ2) is 6.91. The number of hydrogen-bond donors (Lipinski definition) is 2. The van der Waals surface area contributed by atoms with E-state index >= 15 is 0 Å². The molecular weight excluding hydrogens is 372 g/mol. The molecule has 0 saturated heterocycles. The van der Waals surface area contributed by atoms with Crippen LogP contribution in [0.2, 0.25) is 0 Å². The molecular formula is C14H17BrN2O2S2. The van der Waals surface area contributed by atoms with Crippen LogP contribution in [-0.2, 0) is 16.6 Å². The molecule has 0 aliphatic heterocycles. The topological polar surface area (TPSA) is 58.2 Å². The Hall–Kier alpha value is -0.890. The lowest BCUT2D eigenvalue weighted by Crippen LogP contribution is -2.21. The van der Waals surface area contributed by atoms with Crippen molar-refractivity contribution in [3.05, 3.63) is 45.7 Å². The van der Waals surface area contributed by atoms with Crippen molar-refractivity contribution in [2.75, 3.05) is 4.72 Å². The number of hydrogen-bond acceptors (Lipinski definition) is 4. The first-order chi connectivity index (χ1) is 9.87. The molecule has 2 N–H and O–H groups in total. The van der Waals surface area contributed by atoms with Crippen LogP contribution >= 0.6 is 27.3 Å². The summed E-state index contributed by atoms with van der Waals surface area (Å²) in [5.41, 5.74) is 0.549. The lowest BCUT2D eigenvalue weighted by molar-refractivity contribution is 0.593. The Kier molecular flexibility index (Phi) is 5.43. The van der Waals surface area contributed by atoms with Gasteiger partial charge in [0.25, 0.3) is 10.0 Å². The highest BCUT2D eigenvalue weighted by molar-refractivity contribution is 9.10. The van der Waals surface area contributed by atoms with Gasteiger partial charge in [-0.1, -0.05) is 29.8 Å². The first-order valence-corrected chi connectivity index (χ1v) is 9.56. The first kappa shape index (κ1) is 16.5. The van der Waals surface area contributed by atoms with Crippen LogP contribution in [-0.4, -0.2) is 14.5 Å². The highest BCUT2D eigenvalue weighted by Gasteiger charge is 2.17. The van der Waals surface area contributed by atoms with Crippen LogP contribution in [0.1, 0.15) is 18.7 Å². The van der Waals surface area contributed by atoms with Crippen LogP contribution in [0.15, 0.2) is 45.1 Å². The summed E-state index contributed by atoms with van der Waals surface area (Å²) in [7, 11) is -3.52. The summed E-state index contributed by atoms with van der Waals surface area (Å²) in [6.45, 7) is 4.79. The van der Waals surface area contributed by atoms with Crippen molar-refractivity contribution in [3.63, 3.8) is 0 Å². The number of thiophene rings is 1. The summed E-state index contributed by atoms with van der Waals surface area (Å²) in [4.78, 5) is 1.000. The quantitative estimate of drug-likeness (QED) is 0.790. The summed E-state index contributed by atoms with van der Waals surface area (Å²) in [5, 5.41) is 3.27. The van der Waals surface area contributed by atoms with Crippen molar-refractivity contribution in [1.82, 2.24) is 5.32 Å². The maximum absolute atomic E-state index is 12.3. The van der Waals surface area contributed by atoms with Crippen molar-refractivity contribution in [1.29, 1.82) is 0 Å². The molecule has 0 saturated carbocycles. The number of sulfonamides is 1. The van der Waals surface area contributed by atoms with E-state index < -0.39 is 10.0 Å². The van der Waals surface area contributed by atoms with Crippen molar-refractivity contribution in [2.45, 2.75) is 30.6 Å². The Bertz CT molecular complexity index is 694. The standard InChI is InChI=1S/C14H17BrN2O2S2/c1-10(2)16-9-13-7-8-14(20-13)21(18,19)17-12-5-3-11(15)4-6-12/h3-8,10,16-17H,9H2,1-2H3. The van der Waals surface area contributed by atoms with E-state index in [4.69, 9.17) is 0 Å². The Morgan fingerprint density at radius 1 is 1.14 bits per heavy atom. The molecule has 0 unspecified atom stereocenters. The van der Waals surface area contributed by atoms with Crippen LogP contribution in [0.5, 0.6) is 0 Å². The zero-order chi connectivity index (χ0) is 15.5. The molecule has 7 heteroatoms. The number of benzene rings is 1. The zero-order valence-electron chi connectivity index (χ0n) is 11.8. The molecule has 0 amide bonds. The SMILES string of the molecule is CC(C)NCc1ccc(S(=O)(=O)Nc2ccc(Br)cc2)s1. The van der Waals surface area contributed by atoms with Gasteiger partial charge in [0.05, 0.1) is 0 Å². The smallest absolute Gasteiger partial charge is 0.271 e. The molecule has 1 aromatic heterocycles. The Balaban J connectivity index is 2.10. The zero-order valence-corrected chi connectivity index (χ0v) is 15.0. The van der Waals surface area contributed by atoms with Gasteiger partial charge in [-0.3, -0.25) is 4.72 Å². The van der Waals surface area contributed by atoms with Gasteiger partial charge in [0.15, 0.2) is 0 Å². The van der Waals surface area contributed by atoms with E-state index in [1.165, 1.54) is 11.3 Å². The molecule has 0 spiro atoms. The molecule has 0 fully saturated rings. The number of nitrogens with one attached hydrogen (secondary N) is 2. The normalized spacial score (nSPS) is 11.8. The lowest BCUT2D eigenvalue weighted by atomic mass is 10.3. The van der Waals surface area contributed by atoms with Gasteiger partial charge in [0.1, 0.15) is 4.21 Å². The third-order valence-electron chi connectivity index (χ3n) is 2.68. The van der Waals surface area contributed by atoms with Gasteiger partial charge in [0, 0.05) is 27.6 Å². The van der Waals surface area contributed by atoms with Gasteiger partial charge in [0.2, 0.25) is 0 Å². The van der Waals surface area contributed by atoms with Gasteiger partial charge < -0.3 is 5.32 Å². The average Bonchev–Trinajstić information content (AvgIpc) is 2.88. The van der Waals surface area contributed by atoms with E-state index in [0.717, 1.165) is 9.35 Å². The molecule has 114 valence electrons. The molecule has 0 radical (unpaired) electrons. The number of rotatable bonds is 6. The molecule has 4 nitrogen and oxygen atoms in total. The summed E-state index contributed by atoms with van der Waals surface area (Å²) in [5.74, 6) is 0. The van der Waals surface area contributed by atoms with Gasteiger partial charge in [-0.05, 0) is 36.4 Å². The third kappa shape index (κ3) is 4.81. The molecule has 21 heavy (non-hydrogen) atoms. The van der Waals surface area contributed by atoms with E-state index in [0.29, 0.717) is 22.5 Å². The second-order valence-corrected chi connectivity index (χ2v) is 8.86. The number of halogens is 1. The predicted octanol–water partition coefficient (Wildman–Crippen LogP) is 3.81. The minimum atomic E-state index is -3.52. The molecule has 2 rings (SSSR count). The van der Waals surface area contributed by atoms with Gasteiger partial charge in [-0.25, -0.2) is 8.42 Å². The highest BCUT2D eigenvalue weighted by Crippen LogP contribution is 2.24. The summed E-state index contributed by atoms with van der Waals surface area (Å²) < 4.78 is 28.4.